The second kappa shape index (κ2) is 22.9. The second-order valence-corrected chi connectivity index (χ2v) is 21.0. The third kappa shape index (κ3) is 14.3. The van der Waals surface area contributed by atoms with Gasteiger partial charge in [0.1, 0.15) is 24.5 Å². The molecule has 4 aromatic rings. The normalized spacial score (nSPS) is 14.9. The van der Waals surface area contributed by atoms with Crippen molar-refractivity contribution in [2.24, 2.45) is 0 Å². The van der Waals surface area contributed by atoms with Gasteiger partial charge in [-0.2, -0.15) is 0 Å². The average molecular weight is 947 g/mol. The van der Waals surface area contributed by atoms with Crippen LogP contribution < -0.4 is 13.4 Å². The lowest BCUT2D eigenvalue weighted by Gasteiger charge is -2.31. The molecule has 69 heavy (non-hydrogen) atoms. The van der Waals surface area contributed by atoms with Gasteiger partial charge < -0.3 is 8.97 Å². The maximum atomic E-state index is 10.9. The summed E-state index contributed by atoms with van der Waals surface area (Å²) in [5, 5.41) is 0. The van der Waals surface area contributed by atoms with Crippen LogP contribution in [-0.2, 0) is 22.4 Å². The summed E-state index contributed by atoms with van der Waals surface area (Å²) in [4.78, 5) is 107. The number of hydrogen-bond donors (Lipinski definition) is 0. The summed E-state index contributed by atoms with van der Waals surface area (Å²) < 4.78 is 3.45. The average Bonchev–Trinajstić information content (AvgIpc) is 3.56. The largest absolute Gasteiger partial charge is 0.328 e. The fourth-order valence-electron chi connectivity index (χ4n) is 8.02. The van der Waals surface area contributed by atoms with Crippen LogP contribution in [0.3, 0.4) is 0 Å². The molecule has 364 valence electrons. The Hall–Kier alpha value is -6.88. The Balaban J connectivity index is 0.000000230. The first kappa shape index (κ1) is 56.4. The minimum absolute atomic E-state index is 0.442. The highest BCUT2D eigenvalue weighted by Gasteiger charge is 2.46. The van der Waals surface area contributed by atoms with E-state index in [4.69, 9.17) is 0 Å². The molecule has 15 nitrogen and oxygen atoms in total. The molecule has 15 heteroatoms. The second-order valence-electron chi connectivity index (χ2n) is 21.0. The number of carbonyl (C=O) groups excluding carboxylic acids is 10. The maximum absolute atomic E-state index is 10.9. The monoisotopic (exact) mass is 946 g/mol. The Bertz CT molecular complexity index is 2580. The van der Waals surface area contributed by atoms with Gasteiger partial charge in [-0.05, 0) is 41.5 Å². The van der Waals surface area contributed by atoms with Crippen LogP contribution in [0.5, 0.6) is 0 Å². The van der Waals surface area contributed by atoms with Crippen molar-refractivity contribution in [2.75, 3.05) is 105 Å². The highest BCUT2D eigenvalue weighted by molar-refractivity contribution is 6.00. The number of nitrogens with zero attached hydrogens (tertiary/aromatic N) is 5. The summed E-state index contributed by atoms with van der Waals surface area (Å²) in [6.45, 7) is 1.36. The molecule has 0 bridgehead atoms. The molecule has 0 N–H and O–H groups in total. The molecule has 0 amide bonds. The summed E-state index contributed by atoms with van der Waals surface area (Å²) in [6.07, 6.45) is 9.39. The molecule has 0 fully saturated rings. The van der Waals surface area contributed by atoms with E-state index in [9.17, 15) is 47.9 Å². The Morgan fingerprint density at radius 1 is 0.435 bits per heavy atom. The van der Waals surface area contributed by atoms with Gasteiger partial charge >= 0.3 is 0 Å². The highest BCUT2D eigenvalue weighted by atomic mass is 16.1. The van der Waals surface area contributed by atoms with Crippen LogP contribution in [0.4, 0.5) is 22.7 Å². The number of benzene rings is 4. The zero-order chi connectivity index (χ0) is 52.3. The molecule has 4 aromatic carbocycles. The van der Waals surface area contributed by atoms with Gasteiger partial charge in [-0.15, -0.1) is 0 Å². The summed E-state index contributed by atoms with van der Waals surface area (Å²) in [5.74, 6) is 0. The van der Waals surface area contributed by atoms with E-state index in [1.165, 1.54) is 11.1 Å². The zero-order valence-electron chi connectivity index (χ0n) is 42.3. The molecule has 0 saturated heterocycles. The lowest BCUT2D eigenvalue weighted by Crippen LogP contribution is -2.45. The van der Waals surface area contributed by atoms with Gasteiger partial charge in [0.2, 0.25) is 0 Å². The van der Waals surface area contributed by atoms with E-state index in [1.54, 1.807) is 36.4 Å². The van der Waals surface area contributed by atoms with Gasteiger partial charge in [0.25, 0.3) is 0 Å². The number of aldehydes is 10. The van der Waals surface area contributed by atoms with E-state index in [0.29, 0.717) is 112 Å². The molecule has 3 aliphatic rings. The van der Waals surface area contributed by atoms with Crippen molar-refractivity contribution in [3.63, 3.8) is 0 Å². The standard InChI is InChI=1S/C14H18NO2.2C11H14NO2.C10H10NO2.C8H12NO2/c1-15(2,3)14-6-10-4-12(8-16)13(9-17)5-11(10)7-14;1-12(2,3)11-5-4-9(7-13)10(6-11)8-14;1-12(2,3)11-6-4-5-9(7-13)10(11)8-14;1-11(2)9-3-7(5-12)8(6-13)4-10(9)11;1-9(2)3-7(5-10)8(4-9)6-11/h4-5,8-9,14H,6-7H2,1-3H3;2*4-8H,1-3H3;3-6H,1-2H3;5-6H,3-4H2,1-2H3/q5*+1. The molecule has 2 aliphatic heterocycles. The molecule has 0 unspecified atom stereocenters. The number of likely N-dealkylation sites (N-methyl/N-ethyl adjacent to an activating group) is 2. The van der Waals surface area contributed by atoms with Crippen molar-refractivity contribution in [3.05, 3.63) is 127 Å². The topological polar surface area (TPSA) is 171 Å². The first-order chi connectivity index (χ1) is 32.1. The van der Waals surface area contributed by atoms with E-state index in [0.717, 1.165) is 84.1 Å². The first-order valence-electron chi connectivity index (χ1n) is 22.1. The predicted molar refractivity (Wildman–Crippen MR) is 272 cm³/mol. The quantitative estimate of drug-likeness (QED) is 0.0908. The van der Waals surface area contributed by atoms with Crippen molar-refractivity contribution >= 4 is 85.6 Å². The lowest BCUT2D eigenvalue weighted by atomic mass is 10.0. The van der Waals surface area contributed by atoms with Crippen molar-refractivity contribution in [3.8, 4) is 0 Å². The summed E-state index contributed by atoms with van der Waals surface area (Å²) in [6, 6.07) is 18.4. The van der Waals surface area contributed by atoms with Gasteiger partial charge in [0, 0.05) is 70.0 Å². The first-order valence-corrected chi connectivity index (χ1v) is 22.1. The van der Waals surface area contributed by atoms with Crippen LogP contribution in [0.1, 0.15) is 94.0 Å². The van der Waals surface area contributed by atoms with Crippen LogP contribution >= 0.6 is 0 Å². The van der Waals surface area contributed by atoms with Gasteiger partial charge in [0.05, 0.1) is 114 Å². The third-order valence-electron chi connectivity index (χ3n) is 12.3. The molecule has 0 atom stereocenters. The zero-order valence-corrected chi connectivity index (χ0v) is 42.3. The summed E-state index contributed by atoms with van der Waals surface area (Å²) in [7, 11) is 26.5. The molecular weight excluding hydrogens is 879 g/mol. The van der Waals surface area contributed by atoms with E-state index >= 15 is 0 Å². The smallest absolute Gasteiger partial charge is 0.200 e. The van der Waals surface area contributed by atoms with Gasteiger partial charge in [-0.25, -0.2) is 0 Å². The van der Waals surface area contributed by atoms with Crippen molar-refractivity contribution in [1.29, 1.82) is 0 Å². The van der Waals surface area contributed by atoms with Crippen molar-refractivity contribution < 1.29 is 56.9 Å². The predicted octanol–water partition coefficient (Wildman–Crippen LogP) is 5.80. The number of carbonyl (C=O) groups is 10. The summed E-state index contributed by atoms with van der Waals surface area (Å²) >= 11 is 0. The minimum atomic E-state index is 0.442. The molecule has 2 heterocycles. The molecular formula is C54H68N5O10+5. The number of rotatable bonds is 13. The lowest BCUT2D eigenvalue weighted by molar-refractivity contribution is -0.895. The molecule has 0 radical (unpaired) electrons. The Morgan fingerprint density at radius 3 is 1.19 bits per heavy atom. The maximum Gasteiger partial charge on any atom is 0.200 e. The SMILES string of the molecule is C[N+](C)(C)C1Cc2cc(C=O)c(C=O)cc2C1.C[N+](C)(C)c1ccc(C=O)c(C=O)c1.C[N+](C)(C)c1cccc(C=O)c1C=O.C[N+]1(C)CC(C=O)=C(C=O)C1.C[N+]1(C)c2cc(C=O)c(C=O)cc21. The van der Waals surface area contributed by atoms with E-state index in [1.807, 2.05) is 94.7 Å². The third-order valence-corrected chi connectivity index (χ3v) is 12.3. The van der Waals surface area contributed by atoms with Crippen molar-refractivity contribution in [2.45, 2.75) is 18.9 Å². The van der Waals surface area contributed by atoms with Crippen LogP contribution in [0.25, 0.3) is 0 Å². The van der Waals surface area contributed by atoms with Gasteiger partial charge in [-0.3, -0.25) is 61.4 Å². The molecule has 0 aromatic heterocycles. The minimum Gasteiger partial charge on any atom is -0.328 e. The number of fused-ring (bicyclic) bond motifs is 2. The Kier molecular flexibility index (Phi) is 18.8. The highest BCUT2D eigenvalue weighted by Crippen LogP contribution is 2.53. The Labute approximate surface area is 405 Å². The fraction of sp³-hybridized carbons (Fsp3) is 0.333. The molecule has 0 saturated carbocycles. The van der Waals surface area contributed by atoms with Crippen LogP contribution in [-0.4, -0.2) is 183 Å². The number of hydrogen-bond acceptors (Lipinski definition) is 10. The van der Waals surface area contributed by atoms with Gasteiger partial charge in [0.15, 0.2) is 74.2 Å². The van der Waals surface area contributed by atoms with E-state index < -0.39 is 0 Å². The fourth-order valence-corrected chi connectivity index (χ4v) is 8.02. The Morgan fingerprint density at radius 2 is 0.841 bits per heavy atom. The molecule has 1 aliphatic carbocycles. The van der Waals surface area contributed by atoms with E-state index in [-0.39, 0.29) is 0 Å². The van der Waals surface area contributed by atoms with Gasteiger partial charge in [-0.1, -0.05) is 12.1 Å². The number of quaternary nitrogens is 5. The van der Waals surface area contributed by atoms with Crippen molar-refractivity contribution in [1.82, 2.24) is 13.4 Å². The van der Waals surface area contributed by atoms with Crippen LogP contribution in [0.15, 0.2) is 71.8 Å². The summed E-state index contributed by atoms with van der Waals surface area (Å²) in [5.41, 5.74) is 11.7. The molecule has 0 spiro atoms. The van der Waals surface area contributed by atoms with Crippen LogP contribution in [0, 0.1) is 0 Å². The molecule has 7 rings (SSSR count). The van der Waals surface area contributed by atoms with E-state index in [2.05, 4.69) is 21.1 Å². The van der Waals surface area contributed by atoms with Crippen LogP contribution in [0.2, 0.25) is 0 Å².